The van der Waals surface area contributed by atoms with Gasteiger partial charge in [0, 0.05) is 57.6 Å². The lowest BCUT2D eigenvalue weighted by molar-refractivity contribution is -0.383. The minimum atomic E-state index is -3.77. The number of nitrogens with one attached hydrogen (secondary N) is 1. The average Bonchev–Trinajstić information content (AvgIpc) is 3.19. The van der Waals surface area contributed by atoms with Crippen LogP contribution in [0.4, 0.5) is 5.69 Å². The maximum Gasteiger partial charge on any atom is 0.278 e. The fraction of sp³-hybridized carbons (Fsp3) is 0.471. The lowest BCUT2D eigenvalue weighted by Gasteiger charge is -2.32. The number of nitro benzene ring substituents is 1. The first-order valence-corrected chi connectivity index (χ1v) is 10.4. The van der Waals surface area contributed by atoms with Crippen LogP contribution in [0.2, 0.25) is 0 Å². The number of halogens is 1. The normalized spacial score (nSPS) is 21.5. The van der Waals surface area contributed by atoms with Gasteiger partial charge in [-0.15, -0.1) is 12.4 Å². The highest BCUT2D eigenvalue weighted by Crippen LogP contribution is 2.32. The molecule has 0 spiro atoms. The first-order valence-electron chi connectivity index (χ1n) is 8.95. The van der Waals surface area contributed by atoms with Crippen LogP contribution in [0.3, 0.4) is 0 Å². The van der Waals surface area contributed by atoms with Crippen molar-refractivity contribution < 1.29 is 13.3 Å². The summed E-state index contributed by atoms with van der Waals surface area (Å²) >= 11 is 0. The quantitative estimate of drug-likeness (QED) is 0.577. The summed E-state index contributed by atoms with van der Waals surface area (Å²) in [7, 11) is -3.77. The lowest BCUT2D eigenvalue weighted by atomic mass is 10.2. The van der Waals surface area contributed by atoms with E-state index in [1.54, 1.807) is 6.07 Å². The van der Waals surface area contributed by atoms with E-state index in [1.165, 1.54) is 28.7 Å². The number of piperazine rings is 1. The molecule has 9 nitrogen and oxygen atoms in total. The SMILES string of the molecule is Cl.O=[N+]([O-])c1ccc(S(=O)(=O)N2CCC(N3CCNCC3)C2)c2ncccc12. The Labute approximate surface area is 169 Å². The molecule has 0 bridgehead atoms. The van der Waals surface area contributed by atoms with Crippen LogP contribution < -0.4 is 5.32 Å². The van der Waals surface area contributed by atoms with Gasteiger partial charge in [-0.2, -0.15) is 4.31 Å². The van der Waals surface area contributed by atoms with E-state index in [2.05, 4.69) is 15.2 Å². The maximum atomic E-state index is 13.2. The zero-order chi connectivity index (χ0) is 19.0. The van der Waals surface area contributed by atoms with E-state index in [0.29, 0.717) is 13.1 Å². The Bertz CT molecular complexity index is 981. The van der Waals surface area contributed by atoms with Crippen molar-refractivity contribution in [3.63, 3.8) is 0 Å². The molecule has 2 aliphatic heterocycles. The number of hydrogen-bond donors (Lipinski definition) is 1. The van der Waals surface area contributed by atoms with Crippen LogP contribution in [0, 0.1) is 10.1 Å². The predicted octanol–water partition coefficient (Wildman–Crippen LogP) is 1.23. The predicted molar refractivity (Wildman–Crippen MR) is 107 cm³/mol. The third-order valence-corrected chi connectivity index (χ3v) is 7.21. The Balaban J connectivity index is 0.00000225. The van der Waals surface area contributed by atoms with Crippen LogP contribution in [0.5, 0.6) is 0 Å². The van der Waals surface area contributed by atoms with Crippen molar-refractivity contribution in [2.24, 2.45) is 0 Å². The molecule has 1 unspecified atom stereocenters. The van der Waals surface area contributed by atoms with E-state index in [-0.39, 0.29) is 39.9 Å². The van der Waals surface area contributed by atoms with Gasteiger partial charge in [-0.05, 0) is 24.6 Å². The molecule has 1 atom stereocenters. The molecule has 4 rings (SSSR count). The van der Waals surface area contributed by atoms with Gasteiger partial charge in [-0.3, -0.25) is 20.0 Å². The Morgan fingerprint density at radius 1 is 1.18 bits per heavy atom. The highest BCUT2D eigenvalue weighted by atomic mass is 35.5. The smallest absolute Gasteiger partial charge is 0.278 e. The molecule has 152 valence electrons. The van der Waals surface area contributed by atoms with Gasteiger partial charge >= 0.3 is 0 Å². The summed E-state index contributed by atoms with van der Waals surface area (Å²) in [4.78, 5) is 17.2. The molecule has 0 saturated carbocycles. The Morgan fingerprint density at radius 2 is 1.93 bits per heavy atom. The van der Waals surface area contributed by atoms with Crippen LogP contribution in [0.25, 0.3) is 10.9 Å². The van der Waals surface area contributed by atoms with Crippen molar-refractivity contribution in [2.45, 2.75) is 17.4 Å². The van der Waals surface area contributed by atoms with Gasteiger partial charge in [0.05, 0.1) is 15.8 Å². The van der Waals surface area contributed by atoms with Crippen LogP contribution >= 0.6 is 12.4 Å². The maximum absolute atomic E-state index is 13.2. The number of hydrogen-bond acceptors (Lipinski definition) is 7. The van der Waals surface area contributed by atoms with E-state index < -0.39 is 14.9 Å². The molecule has 0 radical (unpaired) electrons. The van der Waals surface area contributed by atoms with Crippen LogP contribution in [0.1, 0.15) is 6.42 Å². The van der Waals surface area contributed by atoms with Crippen LogP contribution in [-0.2, 0) is 10.0 Å². The molecule has 2 aromatic rings. The third kappa shape index (κ3) is 3.70. The third-order valence-electron chi connectivity index (χ3n) is 5.32. The first-order chi connectivity index (χ1) is 13.0. The van der Waals surface area contributed by atoms with Gasteiger partial charge in [0.2, 0.25) is 10.0 Å². The van der Waals surface area contributed by atoms with E-state index in [0.717, 1.165) is 32.6 Å². The number of fused-ring (bicyclic) bond motifs is 1. The van der Waals surface area contributed by atoms with E-state index in [9.17, 15) is 18.5 Å². The number of nitro groups is 1. The number of pyridine rings is 1. The molecule has 1 aromatic carbocycles. The largest absolute Gasteiger partial charge is 0.314 e. The van der Waals surface area contributed by atoms with Crippen LogP contribution in [-0.4, -0.2) is 72.8 Å². The number of non-ortho nitro benzene ring substituents is 1. The topological polar surface area (TPSA) is 109 Å². The van der Waals surface area contributed by atoms with Crippen molar-refractivity contribution in [1.29, 1.82) is 0 Å². The molecule has 1 aromatic heterocycles. The van der Waals surface area contributed by atoms with Crippen molar-refractivity contribution >= 4 is 39.0 Å². The summed E-state index contributed by atoms with van der Waals surface area (Å²) in [5.41, 5.74) is 0.00878. The van der Waals surface area contributed by atoms with Gasteiger partial charge in [0.15, 0.2) is 0 Å². The highest BCUT2D eigenvalue weighted by Gasteiger charge is 2.37. The molecule has 11 heteroatoms. The van der Waals surface area contributed by atoms with Crippen molar-refractivity contribution in [3.8, 4) is 0 Å². The summed E-state index contributed by atoms with van der Waals surface area (Å²) in [6, 6.07) is 5.87. The molecule has 2 fully saturated rings. The van der Waals surface area contributed by atoms with Gasteiger partial charge in [-0.25, -0.2) is 8.42 Å². The molecule has 0 amide bonds. The van der Waals surface area contributed by atoms with Crippen LogP contribution in [0.15, 0.2) is 35.4 Å². The number of aromatic nitrogens is 1. The molecule has 1 N–H and O–H groups in total. The van der Waals surface area contributed by atoms with Gasteiger partial charge in [-0.1, -0.05) is 0 Å². The number of nitrogens with zero attached hydrogens (tertiary/aromatic N) is 4. The summed E-state index contributed by atoms with van der Waals surface area (Å²) in [5.74, 6) is 0. The fourth-order valence-electron chi connectivity index (χ4n) is 3.91. The summed E-state index contributed by atoms with van der Waals surface area (Å²) < 4.78 is 28.0. The van der Waals surface area contributed by atoms with Crippen molar-refractivity contribution in [1.82, 2.24) is 19.5 Å². The minimum absolute atomic E-state index is 0. The Kier molecular flexibility index (Phi) is 6.15. The summed E-state index contributed by atoms with van der Waals surface area (Å²) in [5, 5.41) is 14.8. The Hall–Kier alpha value is -1.85. The zero-order valence-corrected chi connectivity index (χ0v) is 16.8. The van der Waals surface area contributed by atoms with E-state index >= 15 is 0 Å². The highest BCUT2D eigenvalue weighted by molar-refractivity contribution is 7.89. The van der Waals surface area contributed by atoms with Gasteiger partial charge < -0.3 is 5.32 Å². The van der Waals surface area contributed by atoms with Gasteiger partial charge in [0.25, 0.3) is 5.69 Å². The molecule has 28 heavy (non-hydrogen) atoms. The standard InChI is InChI=1S/C17H21N5O4S.ClH/c23-22(24)15-3-4-16(17-14(15)2-1-6-19-17)27(25,26)21-9-5-13(12-21)20-10-7-18-8-11-20;/h1-4,6,13,18H,5,7-12H2;1H. The second-order valence-electron chi connectivity index (χ2n) is 6.83. The molecule has 2 saturated heterocycles. The zero-order valence-electron chi connectivity index (χ0n) is 15.2. The van der Waals surface area contributed by atoms with Gasteiger partial charge in [0.1, 0.15) is 4.90 Å². The van der Waals surface area contributed by atoms with E-state index in [1.807, 2.05) is 0 Å². The molecule has 2 aliphatic rings. The monoisotopic (exact) mass is 427 g/mol. The first kappa shape index (κ1) is 20.9. The average molecular weight is 428 g/mol. The summed E-state index contributed by atoms with van der Waals surface area (Å²) in [6.45, 7) is 4.55. The number of rotatable bonds is 4. The molecular formula is C17H22ClN5O4S. The second kappa shape index (κ2) is 8.26. The van der Waals surface area contributed by atoms with E-state index in [4.69, 9.17) is 0 Å². The fourth-order valence-corrected chi connectivity index (χ4v) is 5.55. The number of benzene rings is 1. The molecule has 0 aliphatic carbocycles. The second-order valence-corrected chi connectivity index (χ2v) is 8.74. The van der Waals surface area contributed by atoms with Crippen molar-refractivity contribution in [3.05, 3.63) is 40.6 Å². The lowest BCUT2D eigenvalue weighted by Crippen LogP contribution is -2.49. The summed E-state index contributed by atoms with van der Waals surface area (Å²) in [6.07, 6.45) is 2.25. The minimum Gasteiger partial charge on any atom is -0.314 e. The number of sulfonamides is 1. The Morgan fingerprint density at radius 3 is 2.64 bits per heavy atom. The molecule has 3 heterocycles. The molecular weight excluding hydrogens is 406 g/mol. The van der Waals surface area contributed by atoms with Crippen molar-refractivity contribution in [2.75, 3.05) is 39.3 Å².